The van der Waals surface area contributed by atoms with Crippen LogP contribution in [0.1, 0.15) is 10.5 Å². The van der Waals surface area contributed by atoms with Gasteiger partial charge >= 0.3 is 5.97 Å². The van der Waals surface area contributed by atoms with E-state index in [0.717, 1.165) is 0 Å². The third-order valence-electron chi connectivity index (χ3n) is 2.20. The van der Waals surface area contributed by atoms with Crippen molar-refractivity contribution < 1.29 is 14.3 Å². The molecule has 104 valence electrons. The highest BCUT2D eigenvalue weighted by Gasteiger charge is 2.12. The summed E-state index contributed by atoms with van der Waals surface area (Å²) >= 11 is 17.7. The predicted octanol–water partition coefficient (Wildman–Crippen LogP) is 4.02. The van der Waals surface area contributed by atoms with E-state index in [2.05, 4.69) is 14.7 Å². The molecule has 0 unspecified atom stereocenters. The summed E-state index contributed by atoms with van der Waals surface area (Å²) in [6.45, 7) is 0. The maximum absolute atomic E-state index is 11.3. The molecule has 0 aliphatic heterocycles. The molecule has 1 aromatic heterocycles. The van der Waals surface area contributed by atoms with Crippen LogP contribution in [0.5, 0.6) is 11.6 Å². The number of carbonyl (C=O) groups excluding carboxylic acids is 1. The Hall–Kier alpha value is -1.56. The van der Waals surface area contributed by atoms with Crippen molar-refractivity contribution >= 4 is 40.8 Å². The Morgan fingerprint density at radius 1 is 1.10 bits per heavy atom. The molecule has 0 N–H and O–H groups in total. The van der Waals surface area contributed by atoms with Crippen LogP contribution in [0.2, 0.25) is 15.1 Å². The first-order valence-electron chi connectivity index (χ1n) is 5.24. The Labute approximate surface area is 129 Å². The van der Waals surface area contributed by atoms with Crippen molar-refractivity contribution in [2.75, 3.05) is 7.11 Å². The molecule has 2 rings (SSSR count). The monoisotopic (exact) mass is 332 g/mol. The maximum Gasteiger partial charge on any atom is 0.358 e. The van der Waals surface area contributed by atoms with Crippen LogP contribution in [0.4, 0.5) is 0 Å². The fourth-order valence-corrected chi connectivity index (χ4v) is 1.87. The zero-order valence-corrected chi connectivity index (χ0v) is 12.3. The number of ether oxygens (including phenoxy) is 2. The molecule has 0 bridgehead atoms. The SMILES string of the molecule is COC(=O)c1cncc(Oc2cc(Cl)c(Cl)cc2Cl)n1. The van der Waals surface area contributed by atoms with E-state index in [4.69, 9.17) is 39.5 Å². The molecular formula is C12H7Cl3N2O3. The summed E-state index contributed by atoms with van der Waals surface area (Å²) in [5.74, 6) is -0.297. The minimum atomic E-state index is -0.622. The lowest BCUT2D eigenvalue weighted by Crippen LogP contribution is -2.05. The van der Waals surface area contributed by atoms with Crippen molar-refractivity contribution in [2.24, 2.45) is 0 Å². The summed E-state index contributed by atoms with van der Waals surface area (Å²) in [5, 5.41) is 0.839. The second-order valence-electron chi connectivity index (χ2n) is 3.53. The zero-order chi connectivity index (χ0) is 14.7. The Kier molecular flexibility index (Phi) is 4.65. The Morgan fingerprint density at radius 2 is 1.80 bits per heavy atom. The molecule has 0 radical (unpaired) electrons. The Bertz CT molecular complexity index is 664. The van der Waals surface area contributed by atoms with E-state index in [1.807, 2.05) is 0 Å². The van der Waals surface area contributed by atoms with Crippen LogP contribution in [-0.4, -0.2) is 23.0 Å². The van der Waals surface area contributed by atoms with Gasteiger partial charge in [-0.25, -0.2) is 9.78 Å². The maximum atomic E-state index is 11.3. The largest absolute Gasteiger partial charge is 0.464 e. The molecule has 0 saturated carbocycles. The summed E-state index contributed by atoms with van der Waals surface area (Å²) in [4.78, 5) is 19.1. The van der Waals surface area contributed by atoms with Gasteiger partial charge in [-0.2, -0.15) is 0 Å². The van der Waals surface area contributed by atoms with Crippen molar-refractivity contribution in [1.82, 2.24) is 9.97 Å². The minimum Gasteiger partial charge on any atom is -0.464 e. The molecule has 1 heterocycles. The number of benzene rings is 1. The fraction of sp³-hybridized carbons (Fsp3) is 0.0833. The molecular weight excluding hydrogens is 327 g/mol. The van der Waals surface area contributed by atoms with Crippen molar-refractivity contribution in [2.45, 2.75) is 0 Å². The number of halogens is 3. The Balaban J connectivity index is 2.31. The van der Waals surface area contributed by atoms with Crippen molar-refractivity contribution in [3.63, 3.8) is 0 Å². The molecule has 8 heteroatoms. The molecule has 5 nitrogen and oxygen atoms in total. The smallest absolute Gasteiger partial charge is 0.358 e. The van der Waals surface area contributed by atoms with Gasteiger partial charge in [-0.3, -0.25) is 4.98 Å². The molecule has 20 heavy (non-hydrogen) atoms. The second kappa shape index (κ2) is 6.26. The summed E-state index contributed by atoms with van der Waals surface area (Å²) in [6, 6.07) is 2.89. The fourth-order valence-electron chi connectivity index (χ4n) is 1.30. The summed E-state index contributed by atoms with van der Waals surface area (Å²) < 4.78 is 9.96. The van der Waals surface area contributed by atoms with Gasteiger partial charge in [0, 0.05) is 6.07 Å². The highest BCUT2D eigenvalue weighted by Crippen LogP contribution is 2.35. The number of rotatable bonds is 3. The van der Waals surface area contributed by atoms with Crippen LogP contribution >= 0.6 is 34.8 Å². The minimum absolute atomic E-state index is 0.0150. The van der Waals surface area contributed by atoms with Crippen LogP contribution in [0.3, 0.4) is 0 Å². The summed E-state index contributed by atoms with van der Waals surface area (Å²) in [6.07, 6.45) is 2.58. The summed E-state index contributed by atoms with van der Waals surface area (Å²) in [5.41, 5.74) is 0.0150. The normalized spacial score (nSPS) is 10.2. The van der Waals surface area contributed by atoms with E-state index < -0.39 is 5.97 Å². The number of methoxy groups -OCH3 is 1. The van der Waals surface area contributed by atoms with Gasteiger partial charge in [0.15, 0.2) is 5.69 Å². The lowest BCUT2D eigenvalue weighted by Gasteiger charge is -2.08. The number of aromatic nitrogens is 2. The quantitative estimate of drug-likeness (QED) is 0.627. The van der Waals surface area contributed by atoms with E-state index in [9.17, 15) is 4.79 Å². The van der Waals surface area contributed by atoms with Gasteiger partial charge in [-0.05, 0) is 6.07 Å². The number of hydrogen-bond donors (Lipinski definition) is 0. The number of nitrogens with zero attached hydrogens (tertiary/aromatic N) is 2. The third-order valence-corrected chi connectivity index (χ3v) is 3.21. The first-order valence-corrected chi connectivity index (χ1v) is 6.37. The molecule has 0 aliphatic carbocycles. The van der Waals surface area contributed by atoms with E-state index in [1.54, 1.807) is 0 Å². The predicted molar refractivity (Wildman–Crippen MR) is 74.9 cm³/mol. The number of hydrogen-bond acceptors (Lipinski definition) is 5. The van der Waals surface area contributed by atoms with Crippen LogP contribution in [0, 0.1) is 0 Å². The average Bonchev–Trinajstić information content (AvgIpc) is 2.44. The highest BCUT2D eigenvalue weighted by molar-refractivity contribution is 6.43. The van der Waals surface area contributed by atoms with Gasteiger partial charge in [-0.15, -0.1) is 0 Å². The molecule has 2 aromatic rings. The number of carbonyl (C=O) groups is 1. The lowest BCUT2D eigenvalue weighted by atomic mass is 10.3. The lowest BCUT2D eigenvalue weighted by molar-refractivity contribution is 0.0592. The van der Waals surface area contributed by atoms with Crippen LogP contribution in [-0.2, 0) is 4.74 Å². The van der Waals surface area contributed by atoms with E-state index in [1.165, 1.54) is 31.6 Å². The molecule has 1 aromatic carbocycles. The Morgan fingerprint density at radius 3 is 2.50 bits per heavy atom. The topological polar surface area (TPSA) is 61.3 Å². The van der Waals surface area contributed by atoms with Gasteiger partial charge in [0.05, 0.1) is 34.6 Å². The molecule has 0 saturated heterocycles. The average molecular weight is 334 g/mol. The number of esters is 1. The molecule has 0 amide bonds. The first-order chi connectivity index (χ1) is 9.51. The van der Waals surface area contributed by atoms with E-state index in [0.29, 0.717) is 5.02 Å². The molecule has 0 spiro atoms. The zero-order valence-electron chi connectivity index (χ0n) is 10.1. The van der Waals surface area contributed by atoms with Crippen molar-refractivity contribution in [1.29, 1.82) is 0 Å². The van der Waals surface area contributed by atoms with Gasteiger partial charge in [0.2, 0.25) is 5.88 Å². The standard InChI is InChI=1S/C12H7Cl3N2O3/c1-19-12(18)9-4-16-5-11(17-9)20-10-3-7(14)6(13)2-8(10)15/h2-5H,1H3. The van der Waals surface area contributed by atoms with Crippen molar-refractivity contribution in [3.05, 3.63) is 45.3 Å². The second-order valence-corrected chi connectivity index (χ2v) is 4.75. The van der Waals surface area contributed by atoms with Crippen LogP contribution in [0.25, 0.3) is 0 Å². The van der Waals surface area contributed by atoms with Gasteiger partial charge in [0.25, 0.3) is 0 Å². The molecule has 0 aliphatic rings. The highest BCUT2D eigenvalue weighted by atomic mass is 35.5. The van der Waals surface area contributed by atoms with Crippen LogP contribution < -0.4 is 4.74 Å². The van der Waals surface area contributed by atoms with Crippen LogP contribution in [0.15, 0.2) is 24.5 Å². The van der Waals surface area contributed by atoms with Gasteiger partial charge < -0.3 is 9.47 Å². The third kappa shape index (κ3) is 3.30. The van der Waals surface area contributed by atoms with Crippen molar-refractivity contribution in [3.8, 4) is 11.6 Å². The van der Waals surface area contributed by atoms with E-state index >= 15 is 0 Å². The summed E-state index contributed by atoms with van der Waals surface area (Å²) in [7, 11) is 1.24. The van der Waals surface area contributed by atoms with Gasteiger partial charge in [0.1, 0.15) is 5.75 Å². The van der Waals surface area contributed by atoms with E-state index in [-0.39, 0.29) is 27.4 Å². The first kappa shape index (κ1) is 14.8. The molecule has 0 atom stereocenters. The molecule has 0 fully saturated rings. The van der Waals surface area contributed by atoms with Gasteiger partial charge in [-0.1, -0.05) is 34.8 Å².